The smallest absolute Gasteiger partial charge is 0.206 e. The summed E-state index contributed by atoms with van der Waals surface area (Å²) in [5, 5.41) is 20.9. The summed E-state index contributed by atoms with van der Waals surface area (Å²) in [6.07, 6.45) is 1.54. The molecule has 2 aromatic rings. The molecule has 88 valence electrons. The molecule has 0 saturated heterocycles. The highest BCUT2D eigenvalue weighted by atomic mass is 16.3. The van der Waals surface area contributed by atoms with Crippen LogP contribution in [0.2, 0.25) is 0 Å². The first-order valence-corrected chi connectivity index (χ1v) is 5.10. The summed E-state index contributed by atoms with van der Waals surface area (Å²) in [7, 11) is 1.65. The summed E-state index contributed by atoms with van der Waals surface area (Å²) in [6.45, 7) is 1.28. The SMILES string of the molecule is Cc1ccc(-c2cnn(C)c2C(=O)CO)nn1. The van der Waals surface area contributed by atoms with Crippen molar-refractivity contribution in [2.75, 3.05) is 6.61 Å². The van der Waals surface area contributed by atoms with E-state index >= 15 is 0 Å². The van der Waals surface area contributed by atoms with Crippen molar-refractivity contribution < 1.29 is 9.90 Å². The maximum absolute atomic E-state index is 11.6. The van der Waals surface area contributed by atoms with Crippen molar-refractivity contribution in [1.82, 2.24) is 20.0 Å². The molecule has 0 radical (unpaired) electrons. The number of aryl methyl sites for hydroxylation is 2. The molecule has 0 spiro atoms. The molecule has 0 aliphatic carbocycles. The maximum atomic E-state index is 11.6. The van der Waals surface area contributed by atoms with Gasteiger partial charge in [-0.05, 0) is 19.1 Å². The highest BCUT2D eigenvalue weighted by Crippen LogP contribution is 2.20. The Bertz CT molecular complexity index is 545. The van der Waals surface area contributed by atoms with Crippen LogP contribution in [0.25, 0.3) is 11.3 Å². The molecule has 0 amide bonds. The molecule has 2 aromatic heterocycles. The number of rotatable bonds is 3. The summed E-state index contributed by atoms with van der Waals surface area (Å²) < 4.78 is 1.43. The van der Waals surface area contributed by atoms with Gasteiger partial charge < -0.3 is 5.11 Å². The van der Waals surface area contributed by atoms with Crippen LogP contribution >= 0.6 is 0 Å². The van der Waals surface area contributed by atoms with Gasteiger partial charge in [-0.2, -0.15) is 15.3 Å². The lowest BCUT2D eigenvalue weighted by atomic mass is 10.1. The molecule has 2 heterocycles. The van der Waals surface area contributed by atoms with Gasteiger partial charge in [-0.3, -0.25) is 9.48 Å². The lowest BCUT2D eigenvalue weighted by molar-refractivity contribution is 0.0895. The summed E-state index contributed by atoms with van der Waals surface area (Å²) in [5.74, 6) is -0.387. The zero-order chi connectivity index (χ0) is 12.4. The molecule has 0 aliphatic heterocycles. The first kappa shape index (κ1) is 11.4. The molecule has 6 nitrogen and oxygen atoms in total. The monoisotopic (exact) mass is 232 g/mol. The molecule has 0 bridgehead atoms. The predicted molar refractivity (Wildman–Crippen MR) is 60.4 cm³/mol. The fourth-order valence-corrected chi connectivity index (χ4v) is 1.57. The number of hydrogen-bond donors (Lipinski definition) is 1. The molecule has 0 unspecified atom stereocenters. The molecular formula is C11H12N4O2. The number of aliphatic hydroxyl groups is 1. The third-order valence-corrected chi connectivity index (χ3v) is 2.42. The number of carbonyl (C=O) groups is 1. The minimum atomic E-state index is -0.550. The van der Waals surface area contributed by atoms with Crippen LogP contribution in [0.15, 0.2) is 18.3 Å². The van der Waals surface area contributed by atoms with E-state index in [9.17, 15) is 4.79 Å². The Morgan fingerprint density at radius 2 is 2.18 bits per heavy atom. The number of Topliss-reactive ketones (excluding diaryl/α,β-unsaturated/α-hetero) is 1. The molecule has 17 heavy (non-hydrogen) atoms. The average molecular weight is 232 g/mol. The van der Waals surface area contributed by atoms with Gasteiger partial charge in [-0.15, -0.1) is 0 Å². The predicted octanol–water partition coefficient (Wildman–Crippen LogP) is 0.361. The fourth-order valence-electron chi connectivity index (χ4n) is 1.57. The number of hydrogen-bond acceptors (Lipinski definition) is 5. The van der Waals surface area contributed by atoms with Crippen LogP contribution in [0.5, 0.6) is 0 Å². The summed E-state index contributed by atoms with van der Waals surface area (Å²) in [6, 6.07) is 3.58. The Morgan fingerprint density at radius 3 is 2.76 bits per heavy atom. The van der Waals surface area contributed by atoms with Gasteiger partial charge in [0.05, 0.1) is 23.1 Å². The van der Waals surface area contributed by atoms with Gasteiger partial charge in [0.15, 0.2) is 0 Å². The van der Waals surface area contributed by atoms with Gasteiger partial charge in [0.2, 0.25) is 5.78 Å². The van der Waals surface area contributed by atoms with Gasteiger partial charge >= 0.3 is 0 Å². The van der Waals surface area contributed by atoms with Crippen molar-refractivity contribution >= 4 is 5.78 Å². The minimum absolute atomic E-state index is 0.339. The molecule has 6 heteroatoms. The molecule has 1 N–H and O–H groups in total. The van der Waals surface area contributed by atoms with Crippen LogP contribution in [-0.2, 0) is 7.05 Å². The van der Waals surface area contributed by atoms with E-state index in [1.54, 1.807) is 19.3 Å². The summed E-state index contributed by atoms with van der Waals surface area (Å²) >= 11 is 0. The standard InChI is InChI=1S/C11H12N4O2/c1-7-3-4-9(14-13-7)8-5-12-15(2)11(8)10(17)6-16/h3-5,16H,6H2,1-2H3. The Labute approximate surface area is 97.9 Å². The third-order valence-electron chi connectivity index (χ3n) is 2.42. The first-order valence-electron chi connectivity index (χ1n) is 5.10. The number of carbonyl (C=O) groups excluding carboxylic acids is 1. The minimum Gasteiger partial charge on any atom is -0.388 e. The molecule has 0 saturated carbocycles. The second-order valence-electron chi connectivity index (χ2n) is 3.67. The van der Waals surface area contributed by atoms with Gasteiger partial charge in [-0.25, -0.2) is 0 Å². The van der Waals surface area contributed by atoms with Crippen LogP contribution in [0.4, 0.5) is 0 Å². The first-order chi connectivity index (χ1) is 8.13. The van der Waals surface area contributed by atoms with Crippen LogP contribution in [0.1, 0.15) is 16.2 Å². The topological polar surface area (TPSA) is 80.9 Å². The second kappa shape index (κ2) is 4.42. The number of ketones is 1. The van der Waals surface area contributed by atoms with E-state index in [2.05, 4.69) is 15.3 Å². The van der Waals surface area contributed by atoms with Gasteiger partial charge in [0.1, 0.15) is 12.3 Å². The summed E-state index contributed by atoms with van der Waals surface area (Å²) in [5.41, 5.74) is 2.29. The molecular weight excluding hydrogens is 220 g/mol. The Hall–Kier alpha value is -2.08. The zero-order valence-electron chi connectivity index (χ0n) is 9.58. The Kier molecular flexibility index (Phi) is 2.97. The Morgan fingerprint density at radius 1 is 1.41 bits per heavy atom. The number of aromatic nitrogens is 4. The van der Waals surface area contributed by atoms with E-state index < -0.39 is 6.61 Å². The molecule has 2 rings (SSSR count). The van der Waals surface area contributed by atoms with E-state index in [0.29, 0.717) is 17.0 Å². The molecule has 0 fully saturated rings. The van der Waals surface area contributed by atoms with Crippen molar-refractivity contribution in [2.24, 2.45) is 7.05 Å². The molecule has 0 aliphatic rings. The van der Waals surface area contributed by atoms with Crippen molar-refractivity contribution in [1.29, 1.82) is 0 Å². The lowest BCUT2D eigenvalue weighted by Crippen LogP contribution is -2.12. The normalized spacial score (nSPS) is 10.5. The average Bonchev–Trinajstić information content (AvgIpc) is 2.71. The van der Waals surface area contributed by atoms with E-state index in [4.69, 9.17) is 5.11 Å². The van der Waals surface area contributed by atoms with E-state index in [1.807, 2.05) is 13.0 Å². The fraction of sp³-hybridized carbons (Fsp3) is 0.273. The quantitative estimate of drug-likeness (QED) is 0.773. The molecule has 0 aromatic carbocycles. The Balaban J connectivity index is 2.52. The largest absolute Gasteiger partial charge is 0.388 e. The van der Waals surface area contributed by atoms with Crippen LogP contribution in [0, 0.1) is 6.92 Å². The van der Waals surface area contributed by atoms with Crippen molar-refractivity contribution in [3.05, 3.63) is 29.7 Å². The molecule has 0 atom stereocenters. The lowest BCUT2D eigenvalue weighted by Gasteiger charge is -2.02. The van der Waals surface area contributed by atoms with Gasteiger partial charge in [-0.1, -0.05) is 0 Å². The summed E-state index contributed by atoms with van der Waals surface area (Å²) in [4.78, 5) is 11.6. The highest BCUT2D eigenvalue weighted by Gasteiger charge is 2.18. The third kappa shape index (κ3) is 2.07. The van der Waals surface area contributed by atoms with E-state index in [1.165, 1.54) is 4.68 Å². The second-order valence-corrected chi connectivity index (χ2v) is 3.67. The van der Waals surface area contributed by atoms with Crippen molar-refractivity contribution in [2.45, 2.75) is 6.92 Å². The number of nitrogens with zero attached hydrogens (tertiary/aromatic N) is 4. The maximum Gasteiger partial charge on any atom is 0.206 e. The van der Waals surface area contributed by atoms with Gasteiger partial charge in [0, 0.05) is 7.05 Å². The van der Waals surface area contributed by atoms with E-state index in [-0.39, 0.29) is 5.78 Å². The zero-order valence-corrected chi connectivity index (χ0v) is 9.58. The van der Waals surface area contributed by atoms with Crippen molar-refractivity contribution in [3.63, 3.8) is 0 Å². The van der Waals surface area contributed by atoms with Crippen LogP contribution in [0.3, 0.4) is 0 Å². The van der Waals surface area contributed by atoms with Crippen LogP contribution in [-0.4, -0.2) is 37.5 Å². The van der Waals surface area contributed by atoms with Gasteiger partial charge in [0.25, 0.3) is 0 Å². The highest BCUT2D eigenvalue weighted by molar-refractivity contribution is 6.00. The van der Waals surface area contributed by atoms with Crippen molar-refractivity contribution in [3.8, 4) is 11.3 Å². The van der Waals surface area contributed by atoms with Crippen LogP contribution < -0.4 is 0 Å². The number of aliphatic hydroxyl groups excluding tert-OH is 1. The van der Waals surface area contributed by atoms with E-state index in [0.717, 1.165) is 5.69 Å².